The van der Waals surface area contributed by atoms with Crippen LogP contribution in [0.15, 0.2) is 18.2 Å². The monoisotopic (exact) mass is 432 g/mol. The fraction of sp³-hybridized carbons (Fsp3) is 0.667. The maximum Gasteiger partial charge on any atom is 0.500 e. The minimum Gasteiger partial charge on any atom is -0.377 e. The number of hydrogen-bond donors (Lipinski definition) is 0. The molecule has 0 N–H and O–H groups in total. The van der Waals surface area contributed by atoms with Gasteiger partial charge in [0.15, 0.2) is 0 Å². The predicted molar refractivity (Wildman–Crippen MR) is 94.8 cm³/mol. The normalized spacial score (nSPS) is 13.2. The van der Waals surface area contributed by atoms with E-state index in [1.165, 1.54) is 21.3 Å². The maximum atomic E-state index is 12.9. The molecule has 0 aliphatic rings. The van der Waals surface area contributed by atoms with Crippen LogP contribution in [0.3, 0.4) is 0 Å². The number of aryl methyl sites for hydroxylation is 1. The third-order valence-corrected chi connectivity index (χ3v) is 7.36. The van der Waals surface area contributed by atoms with Crippen LogP contribution < -0.4 is 0 Å². The van der Waals surface area contributed by atoms with E-state index in [0.717, 1.165) is 31.4 Å². The molecule has 10 heteroatoms. The summed E-state index contributed by atoms with van der Waals surface area (Å²) in [6, 6.07) is 2.40. The summed E-state index contributed by atoms with van der Waals surface area (Å²) in [6.07, 6.45) is -5.76. The van der Waals surface area contributed by atoms with E-state index in [2.05, 4.69) is 0 Å². The summed E-state index contributed by atoms with van der Waals surface area (Å²) in [7, 11) is 1.99. The van der Waals surface area contributed by atoms with Crippen LogP contribution in [-0.2, 0) is 32.1 Å². The van der Waals surface area contributed by atoms with Crippen LogP contribution in [0.25, 0.3) is 0 Å². The van der Waals surface area contributed by atoms with Gasteiger partial charge < -0.3 is 13.3 Å². The molecule has 0 bridgehead atoms. The Labute approximate surface area is 162 Å². The molecule has 1 aromatic carbocycles. The third-order valence-electron chi connectivity index (χ3n) is 4.53. The summed E-state index contributed by atoms with van der Waals surface area (Å²) in [5, 5.41) is 0. The second-order valence-corrected chi connectivity index (χ2v) is 9.57. The molecule has 28 heavy (non-hydrogen) atoms. The second kappa shape index (κ2) is 10.6. The van der Waals surface area contributed by atoms with Crippen LogP contribution in [0.2, 0.25) is 6.04 Å². The first-order valence-electron chi connectivity index (χ1n) is 8.91. The number of halogens is 6. The van der Waals surface area contributed by atoms with Crippen LogP contribution in [0.5, 0.6) is 0 Å². The molecule has 0 aliphatic carbocycles. The highest BCUT2D eigenvalue weighted by Gasteiger charge is 2.37. The van der Waals surface area contributed by atoms with Gasteiger partial charge in [-0.15, -0.1) is 0 Å². The lowest BCUT2D eigenvalue weighted by atomic mass is 10.00. The van der Waals surface area contributed by atoms with Gasteiger partial charge in [0.05, 0.1) is 11.1 Å². The van der Waals surface area contributed by atoms with Crippen LogP contribution >= 0.6 is 0 Å². The van der Waals surface area contributed by atoms with Crippen LogP contribution in [0.1, 0.15) is 48.8 Å². The fourth-order valence-electron chi connectivity index (χ4n) is 2.92. The molecule has 0 fully saturated rings. The van der Waals surface area contributed by atoms with Crippen molar-refractivity contribution in [2.24, 2.45) is 0 Å². The number of unbranched alkanes of at least 4 members (excludes halogenated alkanes) is 4. The molecule has 0 amide bonds. The van der Waals surface area contributed by atoms with Gasteiger partial charge in [0.2, 0.25) is 0 Å². The smallest absolute Gasteiger partial charge is 0.377 e. The Balaban J connectivity index is 2.53. The van der Waals surface area contributed by atoms with Crippen molar-refractivity contribution in [2.75, 3.05) is 21.3 Å². The van der Waals surface area contributed by atoms with Gasteiger partial charge in [-0.05, 0) is 43.0 Å². The number of hydrogen-bond acceptors (Lipinski definition) is 3. The van der Waals surface area contributed by atoms with Gasteiger partial charge in [0.1, 0.15) is 0 Å². The second-order valence-electron chi connectivity index (χ2n) is 6.48. The number of rotatable bonds is 11. The largest absolute Gasteiger partial charge is 0.500 e. The van der Waals surface area contributed by atoms with Crippen molar-refractivity contribution >= 4 is 8.80 Å². The van der Waals surface area contributed by atoms with Gasteiger partial charge in [0, 0.05) is 27.4 Å². The van der Waals surface area contributed by atoms with Crippen molar-refractivity contribution in [2.45, 2.75) is 56.9 Å². The summed E-state index contributed by atoms with van der Waals surface area (Å²) in [4.78, 5) is 0. The Morgan fingerprint density at radius 3 is 1.54 bits per heavy atom. The van der Waals surface area contributed by atoms with E-state index in [1.54, 1.807) is 0 Å². The average molecular weight is 432 g/mol. The van der Waals surface area contributed by atoms with Gasteiger partial charge in [-0.25, -0.2) is 0 Å². The molecule has 0 saturated carbocycles. The number of benzene rings is 1. The average Bonchev–Trinajstić information content (AvgIpc) is 2.63. The fourth-order valence-corrected chi connectivity index (χ4v) is 4.72. The highest BCUT2D eigenvalue weighted by Crippen LogP contribution is 2.36. The molecule has 0 unspecified atom stereocenters. The van der Waals surface area contributed by atoms with Gasteiger partial charge in [-0.3, -0.25) is 0 Å². The van der Waals surface area contributed by atoms with Crippen molar-refractivity contribution in [3.63, 3.8) is 0 Å². The zero-order valence-electron chi connectivity index (χ0n) is 16.2. The molecule has 0 aliphatic heterocycles. The number of alkyl halides is 6. The van der Waals surface area contributed by atoms with E-state index in [4.69, 9.17) is 13.3 Å². The van der Waals surface area contributed by atoms with E-state index in [0.29, 0.717) is 18.9 Å². The van der Waals surface area contributed by atoms with E-state index in [9.17, 15) is 26.3 Å². The molecule has 0 aromatic heterocycles. The zero-order chi connectivity index (χ0) is 21.4. The lowest BCUT2D eigenvalue weighted by Crippen LogP contribution is -2.42. The van der Waals surface area contributed by atoms with Gasteiger partial charge >= 0.3 is 21.2 Å². The van der Waals surface area contributed by atoms with E-state index in [1.807, 2.05) is 0 Å². The molecular formula is C18H26F6O3Si. The Hall–Kier alpha value is -1.10. The minimum atomic E-state index is -4.81. The summed E-state index contributed by atoms with van der Waals surface area (Å²) in [5.41, 5.74) is -2.48. The molecule has 0 heterocycles. The summed E-state index contributed by atoms with van der Waals surface area (Å²) in [6.45, 7) is 0. The molecule has 162 valence electrons. The zero-order valence-corrected chi connectivity index (χ0v) is 17.2. The van der Waals surface area contributed by atoms with Gasteiger partial charge in [0.25, 0.3) is 0 Å². The topological polar surface area (TPSA) is 27.7 Å². The van der Waals surface area contributed by atoms with Crippen LogP contribution in [0.4, 0.5) is 26.3 Å². The van der Waals surface area contributed by atoms with Gasteiger partial charge in [-0.2, -0.15) is 26.3 Å². The molecule has 0 radical (unpaired) electrons. The van der Waals surface area contributed by atoms with E-state index >= 15 is 0 Å². The van der Waals surface area contributed by atoms with Gasteiger partial charge in [-0.1, -0.05) is 19.3 Å². The first-order valence-corrected chi connectivity index (χ1v) is 10.8. The first-order chi connectivity index (χ1) is 13.0. The summed E-state index contributed by atoms with van der Waals surface area (Å²) >= 11 is 0. The van der Waals surface area contributed by atoms with Crippen LogP contribution in [0, 0.1) is 0 Å². The lowest BCUT2D eigenvalue weighted by Gasteiger charge is -2.24. The molecule has 3 nitrogen and oxygen atoms in total. The highest BCUT2D eigenvalue weighted by molar-refractivity contribution is 6.60. The van der Waals surface area contributed by atoms with E-state index in [-0.39, 0.29) is 18.1 Å². The predicted octanol–water partition coefficient (Wildman–Crippen LogP) is 6.10. The summed E-state index contributed by atoms with van der Waals surface area (Å²) in [5.74, 6) is 0. The Bertz CT molecular complexity index is 559. The molecule has 0 spiro atoms. The van der Waals surface area contributed by atoms with Crippen molar-refractivity contribution in [3.8, 4) is 0 Å². The van der Waals surface area contributed by atoms with Crippen molar-refractivity contribution < 1.29 is 39.6 Å². The Kier molecular flexibility index (Phi) is 9.45. The SMILES string of the molecule is CO[Si](CCCCCCCc1cc(C(F)(F)F)cc(C(F)(F)F)c1)(OC)OC. The van der Waals surface area contributed by atoms with Crippen LogP contribution in [-0.4, -0.2) is 30.1 Å². The summed E-state index contributed by atoms with van der Waals surface area (Å²) < 4.78 is 93.0. The first kappa shape index (κ1) is 24.9. The van der Waals surface area contributed by atoms with Crippen molar-refractivity contribution in [3.05, 3.63) is 34.9 Å². The quantitative estimate of drug-likeness (QED) is 0.240. The van der Waals surface area contributed by atoms with E-state index < -0.39 is 32.3 Å². The van der Waals surface area contributed by atoms with Crippen molar-refractivity contribution in [1.29, 1.82) is 0 Å². The standard InChI is InChI=1S/C18H26F6O3Si/c1-25-28(26-2,27-3)10-8-6-4-5-7-9-14-11-15(17(19,20)21)13-16(12-14)18(22,23)24/h11-13H,4-10H2,1-3H3. The lowest BCUT2D eigenvalue weighted by molar-refractivity contribution is -0.143. The Morgan fingerprint density at radius 2 is 1.11 bits per heavy atom. The third kappa shape index (κ3) is 7.73. The molecule has 1 rings (SSSR count). The maximum absolute atomic E-state index is 12.9. The Morgan fingerprint density at radius 1 is 0.679 bits per heavy atom. The van der Waals surface area contributed by atoms with Crippen molar-refractivity contribution in [1.82, 2.24) is 0 Å². The molecule has 1 aromatic rings. The molecule has 0 atom stereocenters. The molecule has 0 saturated heterocycles. The molecular weight excluding hydrogens is 406 g/mol. The highest BCUT2D eigenvalue weighted by atomic mass is 28.4. The minimum absolute atomic E-state index is 0.0479.